The van der Waals surface area contributed by atoms with Crippen molar-refractivity contribution >= 4 is 5.78 Å². The van der Waals surface area contributed by atoms with E-state index in [0.29, 0.717) is 22.8 Å². The molecule has 1 aliphatic rings. The molecule has 0 bridgehead atoms. The molecule has 0 amide bonds. The number of hydrogen-bond donors (Lipinski definition) is 1. The molecule has 2 aromatic carbocycles. The summed E-state index contributed by atoms with van der Waals surface area (Å²) in [5.74, 6) is 1.62. The van der Waals surface area contributed by atoms with Crippen LogP contribution >= 0.6 is 0 Å². The van der Waals surface area contributed by atoms with Crippen molar-refractivity contribution in [3.63, 3.8) is 0 Å². The van der Waals surface area contributed by atoms with Crippen LogP contribution in [0.1, 0.15) is 41.3 Å². The van der Waals surface area contributed by atoms with E-state index in [-0.39, 0.29) is 29.3 Å². The molecule has 26 heavy (non-hydrogen) atoms. The van der Waals surface area contributed by atoms with Crippen molar-refractivity contribution in [2.75, 3.05) is 21.3 Å². The fourth-order valence-corrected chi connectivity index (χ4v) is 3.80. The smallest absolute Gasteiger partial charge is 0.166 e. The van der Waals surface area contributed by atoms with Crippen LogP contribution in [0.15, 0.2) is 30.3 Å². The molecule has 0 spiro atoms. The third-order valence-corrected chi connectivity index (χ3v) is 5.45. The summed E-state index contributed by atoms with van der Waals surface area (Å²) < 4.78 is 16.0. The van der Waals surface area contributed by atoms with Gasteiger partial charge in [0, 0.05) is 17.4 Å². The van der Waals surface area contributed by atoms with Crippen molar-refractivity contribution in [3.8, 4) is 23.0 Å². The van der Waals surface area contributed by atoms with Crippen molar-refractivity contribution in [1.82, 2.24) is 0 Å². The minimum atomic E-state index is -0.144. The Bertz CT molecular complexity index is 843. The highest BCUT2D eigenvalue weighted by atomic mass is 16.5. The molecule has 0 heterocycles. The lowest BCUT2D eigenvalue weighted by atomic mass is 9.67. The first-order chi connectivity index (χ1) is 12.4. The van der Waals surface area contributed by atoms with Crippen molar-refractivity contribution in [2.45, 2.75) is 19.8 Å². The summed E-state index contributed by atoms with van der Waals surface area (Å²) >= 11 is 0. The molecule has 1 N–H and O–H groups in total. The second kappa shape index (κ2) is 6.90. The molecule has 0 saturated carbocycles. The third kappa shape index (κ3) is 2.77. The van der Waals surface area contributed by atoms with Crippen LogP contribution in [-0.4, -0.2) is 32.2 Å². The number of hydrogen-bond acceptors (Lipinski definition) is 5. The second-order valence-electron chi connectivity index (χ2n) is 6.72. The first-order valence-electron chi connectivity index (χ1n) is 8.59. The van der Waals surface area contributed by atoms with E-state index < -0.39 is 0 Å². The summed E-state index contributed by atoms with van der Waals surface area (Å²) in [5, 5.41) is 10.2. The summed E-state index contributed by atoms with van der Waals surface area (Å²) in [6.45, 7) is 4.01. The number of aromatic hydroxyl groups is 1. The van der Waals surface area contributed by atoms with Gasteiger partial charge in [-0.05, 0) is 41.3 Å². The van der Waals surface area contributed by atoms with Crippen LogP contribution in [0.5, 0.6) is 23.0 Å². The SMILES string of the molecule is COc1ccc(C2c3cc(OC)c(OC)cc3C(=O)C(C)C2C)cc1O. The number of carbonyl (C=O) groups is 1. The van der Waals surface area contributed by atoms with E-state index >= 15 is 0 Å². The van der Waals surface area contributed by atoms with Gasteiger partial charge in [-0.25, -0.2) is 0 Å². The maximum atomic E-state index is 12.9. The highest BCUT2D eigenvalue weighted by Crippen LogP contribution is 2.47. The standard InChI is InChI=1S/C21H24O5/c1-11-12(2)21(23)15-10-19(26-5)18(25-4)9-14(15)20(11)13-6-7-17(24-3)16(22)8-13/h6-12,20,22H,1-5H3. The highest BCUT2D eigenvalue weighted by Gasteiger charge is 2.39. The first-order valence-corrected chi connectivity index (χ1v) is 8.59. The van der Waals surface area contributed by atoms with Gasteiger partial charge in [-0.2, -0.15) is 0 Å². The van der Waals surface area contributed by atoms with Crippen LogP contribution in [0.3, 0.4) is 0 Å². The van der Waals surface area contributed by atoms with E-state index in [2.05, 4.69) is 6.92 Å². The van der Waals surface area contributed by atoms with Gasteiger partial charge in [0.2, 0.25) is 0 Å². The normalized spacial score (nSPS) is 21.9. The Hall–Kier alpha value is -2.69. The van der Waals surface area contributed by atoms with Gasteiger partial charge in [0.1, 0.15) is 0 Å². The topological polar surface area (TPSA) is 65.0 Å². The van der Waals surface area contributed by atoms with Crippen molar-refractivity contribution < 1.29 is 24.1 Å². The average molecular weight is 356 g/mol. The number of rotatable bonds is 4. The third-order valence-electron chi connectivity index (χ3n) is 5.45. The van der Waals surface area contributed by atoms with Crippen molar-refractivity contribution in [2.24, 2.45) is 11.8 Å². The van der Waals surface area contributed by atoms with Gasteiger partial charge in [-0.1, -0.05) is 19.9 Å². The van der Waals surface area contributed by atoms with E-state index in [9.17, 15) is 9.90 Å². The molecule has 0 fully saturated rings. The Balaban J connectivity index is 2.21. The van der Waals surface area contributed by atoms with Gasteiger partial charge in [0.05, 0.1) is 21.3 Å². The molecule has 0 aliphatic heterocycles. The molecular weight excluding hydrogens is 332 g/mol. The molecule has 138 valence electrons. The number of phenolic OH excluding ortho intramolecular Hbond substituents is 1. The van der Waals surface area contributed by atoms with Crippen molar-refractivity contribution in [3.05, 3.63) is 47.0 Å². The summed E-state index contributed by atoms with van der Waals surface area (Å²) in [6.07, 6.45) is 0. The minimum Gasteiger partial charge on any atom is -0.504 e. The van der Waals surface area contributed by atoms with Gasteiger partial charge in [-0.3, -0.25) is 4.79 Å². The molecule has 3 atom stereocenters. The molecule has 3 rings (SSSR count). The minimum absolute atomic E-state index is 0.0469. The predicted molar refractivity (Wildman–Crippen MR) is 98.7 cm³/mol. The van der Waals surface area contributed by atoms with Gasteiger partial charge < -0.3 is 19.3 Å². The molecule has 0 saturated heterocycles. The molecular formula is C21H24O5. The fraction of sp³-hybridized carbons (Fsp3) is 0.381. The van der Waals surface area contributed by atoms with Crippen LogP contribution in [0.4, 0.5) is 0 Å². The number of Topliss-reactive ketones (excluding diaryl/α,β-unsaturated/α-hetero) is 1. The van der Waals surface area contributed by atoms with E-state index in [0.717, 1.165) is 11.1 Å². The monoisotopic (exact) mass is 356 g/mol. The number of benzene rings is 2. The number of phenols is 1. The average Bonchev–Trinajstić information content (AvgIpc) is 2.65. The Morgan fingerprint density at radius 3 is 2.08 bits per heavy atom. The van der Waals surface area contributed by atoms with Gasteiger partial charge in [0.15, 0.2) is 28.8 Å². The Morgan fingerprint density at radius 1 is 0.885 bits per heavy atom. The molecule has 5 nitrogen and oxygen atoms in total. The highest BCUT2D eigenvalue weighted by molar-refractivity contribution is 6.01. The lowest BCUT2D eigenvalue weighted by Crippen LogP contribution is -2.32. The zero-order valence-corrected chi connectivity index (χ0v) is 15.7. The summed E-state index contributed by atoms with van der Waals surface area (Å²) in [6, 6.07) is 9.03. The summed E-state index contributed by atoms with van der Waals surface area (Å²) in [4.78, 5) is 12.9. The molecule has 5 heteroatoms. The van der Waals surface area contributed by atoms with Crippen LogP contribution in [0, 0.1) is 11.8 Å². The number of ketones is 1. The maximum Gasteiger partial charge on any atom is 0.166 e. The van der Waals surface area contributed by atoms with E-state index in [1.54, 1.807) is 32.4 Å². The van der Waals surface area contributed by atoms with Crippen molar-refractivity contribution in [1.29, 1.82) is 0 Å². The molecule has 3 unspecified atom stereocenters. The Kier molecular flexibility index (Phi) is 4.81. The van der Waals surface area contributed by atoms with E-state index in [4.69, 9.17) is 14.2 Å². The fourth-order valence-electron chi connectivity index (χ4n) is 3.80. The number of carbonyl (C=O) groups excluding carboxylic acids is 1. The number of ether oxygens (including phenoxy) is 3. The quantitative estimate of drug-likeness (QED) is 0.896. The van der Waals surface area contributed by atoms with Crippen LogP contribution in [-0.2, 0) is 0 Å². The first kappa shape index (κ1) is 18.1. The van der Waals surface area contributed by atoms with E-state index in [1.165, 1.54) is 7.11 Å². The molecule has 0 radical (unpaired) electrons. The van der Waals surface area contributed by atoms with Gasteiger partial charge in [-0.15, -0.1) is 0 Å². The van der Waals surface area contributed by atoms with Gasteiger partial charge in [0.25, 0.3) is 0 Å². The molecule has 2 aromatic rings. The molecule has 0 aromatic heterocycles. The van der Waals surface area contributed by atoms with Gasteiger partial charge >= 0.3 is 0 Å². The Labute approximate surface area is 153 Å². The Morgan fingerprint density at radius 2 is 1.50 bits per heavy atom. The largest absolute Gasteiger partial charge is 0.504 e. The van der Waals surface area contributed by atoms with E-state index in [1.807, 2.05) is 19.1 Å². The number of methoxy groups -OCH3 is 3. The zero-order chi connectivity index (χ0) is 19.0. The summed E-state index contributed by atoms with van der Waals surface area (Å²) in [5.41, 5.74) is 2.47. The predicted octanol–water partition coefficient (Wildman–Crippen LogP) is 4.02. The maximum absolute atomic E-state index is 12.9. The summed E-state index contributed by atoms with van der Waals surface area (Å²) in [7, 11) is 4.66. The van der Waals surface area contributed by atoms with Crippen LogP contribution in [0.25, 0.3) is 0 Å². The lowest BCUT2D eigenvalue weighted by Gasteiger charge is -2.36. The van der Waals surface area contributed by atoms with Crippen LogP contribution in [0.2, 0.25) is 0 Å². The lowest BCUT2D eigenvalue weighted by molar-refractivity contribution is 0.0865. The molecule has 1 aliphatic carbocycles. The zero-order valence-electron chi connectivity index (χ0n) is 15.7. The number of fused-ring (bicyclic) bond motifs is 1. The second-order valence-corrected chi connectivity index (χ2v) is 6.72. The van der Waals surface area contributed by atoms with Crippen LogP contribution < -0.4 is 14.2 Å².